The number of benzene rings is 3. The highest BCUT2D eigenvalue weighted by molar-refractivity contribution is 7.86. The Morgan fingerprint density at radius 2 is 0.710 bits per heavy atom. The normalized spacial score (nSPS) is 15.7. The lowest BCUT2D eigenvalue weighted by atomic mass is 10.1. The van der Waals surface area contributed by atoms with Crippen molar-refractivity contribution in [2.24, 2.45) is 0 Å². The van der Waals surface area contributed by atoms with Gasteiger partial charge in [0.05, 0.1) is 117 Å². The Bertz CT molecular complexity index is 3940. The van der Waals surface area contributed by atoms with Crippen molar-refractivity contribution in [3.8, 4) is 0 Å². The average molecular weight is 1550 g/mol. The Morgan fingerprint density at radius 1 is 0.439 bits per heavy atom. The summed E-state index contributed by atoms with van der Waals surface area (Å²) in [5.74, 6) is -3.73. The zero-order chi connectivity index (χ0) is 78.1. The largest absolute Gasteiger partial charge is 0.748 e. The molecular formula is C71H108N16O17S3. The molecule has 3 aromatic carbocycles. The summed E-state index contributed by atoms with van der Waals surface area (Å²) < 4.78 is 134. The predicted octanol–water partition coefficient (Wildman–Crippen LogP) is 2.47. The van der Waals surface area contributed by atoms with Crippen LogP contribution in [0.5, 0.6) is 0 Å². The molecule has 3 atom stereocenters. The van der Waals surface area contributed by atoms with Gasteiger partial charge in [-0.05, 0) is 56.7 Å². The second-order valence-electron chi connectivity index (χ2n) is 30.4. The number of ether oxygens (including phenoxy) is 4. The Balaban J connectivity index is 1.30. The lowest BCUT2D eigenvalue weighted by Gasteiger charge is -2.39. The van der Waals surface area contributed by atoms with E-state index in [1.165, 1.54) is 0 Å². The molecule has 0 saturated carbocycles. The van der Waals surface area contributed by atoms with Crippen LogP contribution in [-0.4, -0.2) is 303 Å². The molecule has 107 heavy (non-hydrogen) atoms. The monoisotopic (exact) mass is 1550 g/mol. The predicted molar refractivity (Wildman–Crippen MR) is 391 cm³/mol. The summed E-state index contributed by atoms with van der Waals surface area (Å²) in [7, 11) is -1.91. The molecule has 0 bridgehead atoms. The number of carbonyl (C=O) groups is 4. The van der Waals surface area contributed by atoms with Crippen LogP contribution in [0.15, 0.2) is 110 Å². The molecule has 1 aliphatic rings. The second-order valence-corrected chi connectivity index (χ2v) is 35.0. The minimum absolute atomic E-state index is 0.0583. The third-order valence-corrected chi connectivity index (χ3v) is 20.6. The van der Waals surface area contributed by atoms with Gasteiger partial charge >= 0.3 is 23.9 Å². The number of hydrogen-bond donors (Lipinski definition) is 0. The van der Waals surface area contributed by atoms with Crippen LogP contribution in [0.2, 0.25) is 0 Å². The van der Waals surface area contributed by atoms with Crippen LogP contribution in [-0.2, 0) is 128 Å². The molecule has 0 aliphatic carbocycles. The number of aryl methyl sites for hydroxylation is 3. The van der Waals surface area contributed by atoms with Crippen LogP contribution >= 0.6 is 0 Å². The highest BCUT2D eigenvalue weighted by Crippen LogP contribution is 2.22. The third kappa shape index (κ3) is 33.4. The molecule has 0 radical (unpaired) electrons. The molecule has 0 amide bonds. The van der Waals surface area contributed by atoms with Crippen molar-refractivity contribution in [2.75, 3.05) is 138 Å². The maximum atomic E-state index is 15.4. The Morgan fingerprint density at radius 3 is 0.972 bits per heavy atom. The molecule has 36 heteroatoms. The number of hydrogen-bond acceptors (Lipinski definition) is 27. The van der Waals surface area contributed by atoms with Crippen LogP contribution in [0.4, 0.5) is 0 Å². The highest BCUT2D eigenvalue weighted by atomic mass is 32.2. The van der Waals surface area contributed by atoms with Gasteiger partial charge in [-0.1, -0.05) is 107 Å². The van der Waals surface area contributed by atoms with Gasteiger partial charge in [-0.25, -0.2) is 25.3 Å². The van der Waals surface area contributed by atoms with Crippen LogP contribution in [0.25, 0.3) is 0 Å². The Labute approximate surface area is 629 Å². The van der Waals surface area contributed by atoms with E-state index in [1.807, 2.05) is 153 Å². The van der Waals surface area contributed by atoms with E-state index >= 15 is 14.4 Å². The number of aromatic nitrogens is 9. The number of rotatable bonds is 41. The van der Waals surface area contributed by atoms with Crippen molar-refractivity contribution >= 4 is 54.2 Å². The Kier molecular flexibility index (Phi) is 32.6. The molecule has 0 spiro atoms. The number of carbonyl (C=O) groups excluding carboxylic acids is 4. The van der Waals surface area contributed by atoms with Crippen molar-refractivity contribution < 1.29 is 90.5 Å². The van der Waals surface area contributed by atoms with Gasteiger partial charge in [-0.3, -0.25) is 52.8 Å². The first kappa shape index (κ1) is 86.6. The topological polar surface area (TPSA) is 382 Å². The van der Waals surface area contributed by atoms with Crippen LogP contribution < -0.4 is 0 Å². The van der Waals surface area contributed by atoms with Crippen molar-refractivity contribution in [1.82, 2.24) is 64.6 Å². The van der Waals surface area contributed by atoms with Crippen molar-refractivity contribution in [3.63, 3.8) is 0 Å². The molecule has 0 N–H and O–H groups in total. The van der Waals surface area contributed by atoms with Gasteiger partial charge in [0, 0.05) is 109 Å². The van der Waals surface area contributed by atoms with Crippen LogP contribution in [0.3, 0.4) is 0 Å². The van der Waals surface area contributed by atoms with Crippen molar-refractivity contribution in [2.45, 2.75) is 142 Å². The third-order valence-electron chi connectivity index (χ3n) is 18.2. The fraction of sp³-hybridized carbons (Fsp3) is 0.606. The average Bonchev–Trinajstić information content (AvgIpc) is 1.75. The summed E-state index contributed by atoms with van der Waals surface area (Å²) in [5, 5.41) is 26.7. The van der Waals surface area contributed by atoms with Gasteiger partial charge in [0.15, 0.2) is 0 Å². The summed E-state index contributed by atoms with van der Waals surface area (Å²) >= 11 is 0. The Hall–Kier alpha value is -7.59. The van der Waals surface area contributed by atoms with Gasteiger partial charge in [-0.2, -0.15) is 0 Å². The maximum absolute atomic E-state index is 15.4. The summed E-state index contributed by atoms with van der Waals surface area (Å²) in [5.41, 5.74) is 3.10. The smallest absolute Gasteiger partial charge is 0.323 e. The fourth-order valence-corrected chi connectivity index (χ4v) is 14.3. The molecule has 592 valence electrons. The van der Waals surface area contributed by atoms with Gasteiger partial charge < -0.3 is 46.1 Å². The fourth-order valence-electron chi connectivity index (χ4n) is 12.9. The van der Waals surface area contributed by atoms with Gasteiger partial charge in [-0.15, -0.1) is 15.3 Å². The molecular weight excluding hydrogens is 1450 g/mol. The number of quaternary nitrogens is 3. The number of nitrogens with zero attached hydrogens (tertiary/aromatic N) is 16. The van der Waals surface area contributed by atoms with Crippen LogP contribution in [0.1, 0.15) is 93.1 Å². The molecule has 0 unspecified atom stereocenters. The molecule has 1 aliphatic heterocycles. The van der Waals surface area contributed by atoms with Gasteiger partial charge in [0.2, 0.25) is 0 Å². The van der Waals surface area contributed by atoms with E-state index in [0.29, 0.717) is 69.8 Å². The maximum Gasteiger partial charge on any atom is 0.323 e. The summed E-state index contributed by atoms with van der Waals surface area (Å²) in [4.78, 5) is 67.8. The SMILES string of the molecule is CC(C)(C)OC(=O)CN1CCN([C@H](CCn2cc(C[N+](C)(C)CCCS(=O)(=O)[O-])nn2)C(=O)OCc2ccccc2)CCN([C@H](CCn2cc(C[N+](C)(C)CCCS(=O)(=O)[O-])nn2)C(=O)OCc2ccccc2)CCN([C@H](CCn2cc(C[N+](C)(C)CCCS(=O)(=O)[O-])nn2)C(=O)OCc2ccccc2)CC1. The van der Waals surface area contributed by atoms with Gasteiger partial charge in [0.25, 0.3) is 0 Å². The molecule has 4 heterocycles. The number of esters is 4. The minimum atomic E-state index is -4.43. The summed E-state index contributed by atoms with van der Waals surface area (Å²) in [6.45, 7) is 8.58. The standard InChI is InChI=1S/C71H108N16O17S3/c1-71(2,3)104-67(88)51-78-34-36-79(64(68(89)101-55-58-22-13-10-14-23-58)28-31-82-48-61(72-75-82)52-85(4,5)42-19-45-105(92,93)94)38-40-81(66(70(91)103-57-60-26-17-12-18-27-60)30-33-84-50-63(74-77-84)54-87(8,9)44-21-47-107(98,99)100)41-39-80(37-35-78)65(69(90)102-56-59-24-15-11-16-25-59)29-32-83-49-62(73-76-83)53-86(6,7)43-20-46-106(95,96)97/h10-18,22-27,48-50,64-66H,19-21,28-47,51-57H2,1-9H3/t64-,65-,66-/m1/s1. The zero-order valence-corrected chi connectivity index (χ0v) is 65.6. The lowest BCUT2D eigenvalue weighted by molar-refractivity contribution is -0.903. The zero-order valence-electron chi connectivity index (χ0n) is 63.2. The molecule has 33 nitrogen and oxygen atoms in total. The van der Waals surface area contributed by atoms with Crippen molar-refractivity contribution in [3.05, 3.63) is 143 Å². The summed E-state index contributed by atoms with van der Waals surface area (Å²) in [6.07, 6.45) is 6.07. The molecule has 3 aromatic heterocycles. The molecule has 1 saturated heterocycles. The van der Waals surface area contributed by atoms with E-state index in [4.69, 9.17) is 18.9 Å². The molecule has 7 rings (SSSR count). The van der Waals surface area contributed by atoms with E-state index in [-0.39, 0.29) is 137 Å². The first-order valence-corrected chi connectivity index (χ1v) is 40.8. The molecule has 1 fully saturated rings. The van der Waals surface area contributed by atoms with Gasteiger partial charge in [0.1, 0.15) is 80.3 Å². The van der Waals surface area contributed by atoms with Crippen LogP contribution in [0, 0.1) is 0 Å². The van der Waals surface area contributed by atoms with Crippen molar-refractivity contribution in [1.29, 1.82) is 0 Å². The first-order chi connectivity index (χ1) is 50.3. The van der Waals surface area contributed by atoms with E-state index < -0.39 is 95.2 Å². The second kappa shape index (κ2) is 40.2. The van der Waals surface area contributed by atoms with E-state index in [1.54, 1.807) is 53.4 Å². The van der Waals surface area contributed by atoms with E-state index in [2.05, 4.69) is 30.9 Å². The minimum Gasteiger partial charge on any atom is -0.748 e. The lowest BCUT2D eigenvalue weighted by Crippen LogP contribution is -2.56. The first-order valence-electron chi connectivity index (χ1n) is 36.0. The summed E-state index contributed by atoms with van der Waals surface area (Å²) in [6, 6.07) is 24.7. The van der Waals surface area contributed by atoms with E-state index in [0.717, 1.165) is 16.7 Å². The highest BCUT2D eigenvalue weighted by Gasteiger charge is 2.36. The quantitative estimate of drug-likeness (QED) is 0.0230. The molecule has 6 aromatic rings. The van der Waals surface area contributed by atoms with E-state index in [9.17, 15) is 43.7 Å².